The van der Waals surface area contributed by atoms with E-state index in [1.807, 2.05) is 12.1 Å². The van der Waals surface area contributed by atoms with Crippen molar-refractivity contribution in [3.63, 3.8) is 0 Å². The highest BCUT2D eigenvalue weighted by atomic mass is 16.4. The molecule has 0 unspecified atom stereocenters. The monoisotopic (exact) mass is 266 g/mol. The lowest BCUT2D eigenvalue weighted by Gasteiger charge is -2.29. The van der Waals surface area contributed by atoms with Crippen LogP contribution in [0.2, 0.25) is 0 Å². The summed E-state index contributed by atoms with van der Waals surface area (Å²) in [4.78, 5) is 25.2. The average Bonchev–Trinajstić information content (AvgIpc) is 2.78. The second kappa shape index (κ2) is 4.81. The Balaban J connectivity index is 2.00. The molecule has 0 aliphatic carbocycles. The van der Waals surface area contributed by atoms with Crippen LogP contribution < -0.4 is 5.11 Å². The van der Waals surface area contributed by atoms with Crippen LogP contribution in [0.1, 0.15) is 27.5 Å². The molecule has 1 atom stereocenters. The van der Waals surface area contributed by atoms with Gasteiger partial charge in [-0.15, -0.1) is 0 Å². The minimum atomic E-state index is -1.27. The van der Waals surface area contributed by atoms with Gasteiger partial charge in [0.05, 0.1) is 12.0 Å². The Labute approximate surface area is 116 Å². The molecule has 0 spiro atoms. The number of aliphatic carboxylic acids is 1. The van der Waals surface area contributed by atoms with Gasteiger partial charge in [0.1, 0.15) is 0 Å². The number of benzene rings is 2. The molecule has 0 saturated carbocycles. The fourth-order valence-corrected chi connectivity index (χ4v) is 2.56. The Morgan fingerprint density at radius 2 is 1.70 bits per heavy atom. The molecule has 2 aromatic carbocycles. The van der Waals surface area contributed by atoms with E-state index in [0.717, 1.165) is 5.56 Å². The molecule has 0 saturated heterocycles. The van der Waals surface area contributed by atoms with E-state index in [2.05, 4.69) is 0 Å². The zero-order chi connectivity index (χ0) is 14.1. The van der Waals surface area contributed by atoms with Gasteiger partial charge in [-0.25, -0.2) is 0 Å². The molecule has 4 nitrogen and oxygen atoms in total. The van der Waals surface area contributed by atoms with Crippen molar-refractivity contribution in [2.24, 2.45) is 0 Å². The van der Waals surface area contributed by atoms with Gasteiger partial charge in [0.2, 0.25) is 0 Å². The van der Waals surface area contributed by atoms with Gasteiger partial charge in [-0.2, -0.15) is 0 Å². The molecule has 100 valence electrons. The van der Waals surface area contributed by atoms with Crippen LogP contribution in [0.5, 0.6) is 0 Å². The molecule has 0 bridgehead atoms. The largest absolute Gasteiger partial charge is 0.548 e. The number of carbonyl (C=O) groups excluding carboxylic acids is 2. The Morgan fingerprint density at radius 1 is 1.05 bits per heavy atom. The third-order valence-corrected chi connectivity index (χ3v) is 3.50. The van der Waals surface area contributed by atoms with Crippen molar-refractivity contribution in [1.82, 2.24) is 4.90 Å². The predicted octanol–water partition coefficient (Wildman–Crippen LogP) is 1.13. The molecule has 3 rings (SSSR count). The Morgan fingerprint density at radius 3 is 2.35 bits per heavy atom. The number of carboxylic acid groups (broad SMARTS) is 1. The predicted molar refractivity (Wildman–Crippen MR) is 70.5 cm³/mol. The third-order valence-electron chi connectivity index (χ3n) is 3.50. The molecule has 0 aromatic heterocycles. The Bertz CT molecular complexity index is 666. The maximum Gasteiger partial charge on any atom is 0.255 e. The summed E-state index contributed by atoms with van der Waals surface area (Å²) in [5.41, 5.74) is 1.96. The molecule has 0 fully saturated rings. The van der Waals surface area contributed by atoms with Crippen molar-refractivity contribution in [1.29, 1.82) is 0 Å². The lowest BCUT2D eigenvalue weighted by atomic mass is 10.1. The van der Waals surface area contributed by atoms with E-state index in [9.17, 15) is 14.7 Å². The van der Waals surface area contributed by atoms with Gasteiger partial charge in [0.25, 0.3) is 5.91 Å². The Kier molecular flexibility index (Phi) is 2.99. The summed E-state index contributed by atoms with van der Waals surface area (Å²) in [5.74, 6) is -1.53. The number of carbonyl (C=O) groups is 2. The number of hydrogen-bond donors (Lipinski definition) is 0. The maximum absolute atomic E-state index is 12.4. The van der Waals surface area contributed by atoms with Crippen molar-refractivity contribution >= 4 is 11.9 Å². The second-order valence-electron chi connectivity index (χ2n) is 4.72. The van der Waals surface area contributed by atoms with Crippen LogP contribution in [0.3, 0.4) is 0 Å². The second-order valence-corrected chi connectivity index (χ2v) is 4.72. The van der Waals surface area contributed by atoms with Crippen LogP contribution in [0.25, 0.3) is 0 Å². The van der Waals surface area contributed by atoms with Crippen molar-refractivity contribution in [3.05, 3.63) is 71.3 Å². The molecule has 1 aliphatic rings. The first kappa shape index (κ1) is 12.4. The van der Waals surface area contributed by atoms with Crippen LogP contribution in [-0.4, -0.2) is 16.8 Å². The fourth-order valence-electron chi connectivity index (χ4n) is 2.56. The van der Waals surface area contributed by atoms with Crippen molar-refractivity contribution in [2.45, 2.75) is 12.6 Å². The summed E-state index contributed by atoms with van der Waals surface area (Å²) in [5, 5.41) is 11.5. The van der Waals surface area contributed by atoms with Crippen LogP contribution in [0, 0.1) is 0 Å². The summed E-state index contributed by atoms with van der Waals surface area (Å²) in [7, 11) is 0. The summed E-state index contributed by atoms with van der Waals surface area (Å²) in [6, 6.07) is 14.8. The molecule has 0 N–H and O–H groups in total. The van der Waals surface area contributed by atoms with E-state index < -0.39 is 12.0 Å². The topological polar surface area (TPSA) is 60.4 Å². The van der Waals surface area contributed by atoms with Gasteiger partial charge in [-0.05, 0) is 17.2 Å². The van der Waals surface area contributed by atoms with E-state index in [1.165, 1.54) is 4.90 Å². The molecular weight excluding hydrogens is 254 g/mol. The normalized spacial score (nSPS) is 15.0. The van der Waals surface area contributed by atoms with Crippen molar-refractivity contribution < 1.29 is 14.7 Å². The first-order valence-electron chi connectivity index (χ1n) is 6.33. The summed E-state index contributed by atoms with van der Waals surface area (Å²) in [6.07, 6.45) is 0. The smallest absolute Gasteiger partial charge is 0.255 e. The SMILES string of the molecule is O=C([O-])[C@H](c1ccccc1)N1Cc2ccccc2C1=O. The number of hydrogen-bond acceptors (Lipinski definition) is 3. The van der Waals surface area contributed by atoms with Crippen molar-refractivity contribution in [3.8, 4) is 0 Å². The minimum Gasteiger partial charge on any atom is -0.548 e. The van der Waals surface area contributed by atoms with E-state index in [-0.39, 0.29) is 5.91 Å². The highest BCUT2D eigenvalue weighted by molar-refractivity contribution is 6.00. The van der Waals surface area contributed by atoms with Gasteiger partial charge >= 0.3 is 0 Å². The highest BCUT2D eigenvalue weighted by Crippen LogP contribution is 2.30. The van der Waals surface area contributed by atoms with Crippen LogP contribution in [0.4, 0.5) is 0 Å². The molecule has 2 aromatic rings. The van der Waals surface area contributed by atoms with Gasteiger partial charge in [-0.1, -0.05) is 48.5 Å². The quantitative estimate of drug-likeness (QED) is 0.836. The molecule has 1 aliphatic heterocycles. The van der Waals surface area contributed by atoms with E-state index >= 15 is 0 Å². The average molecular weight is 266 g/mol. The lowest BCUT2D eigenvalue weighted by molar-refractivity contribution is -0.311. The lowest BCUT2D eigenvalue weighted by Crippen LogP contribution is -2.41. The molecule has 0 radical (unpaired) electrons. The highest BCUT2D eigenvalue weighted by Gasteiger charge is 2.33. The number of amides is 1. The third kappa shape index (κ3) is 1.95. The number of rotatable bonds is 3. The zero-order valence-electron chi connectivity index (χ0n) is 10.7. The van der Waals surface area contributed by atoms with Gasteiger partial charge in [-0.3, -0.25) is 4.79 Å². The molecule has 4 heteroatoms. The molecule has 20 heavy (non-hydrogen) atoms. The van der Waals surface area contributed by atoms with Gasteiger partial charge < -0.3 is 14.8 Å². The molecule has 1 amide bonds. The number of fused-ring (bicyclic) bond motifs is 1. The first-order valence-corrected chi connectivity index (χ1v) is 6.33. The van der Waals surface area contributed by atoms with Crippen molar-refractivity contribution in [2.75, 3.05) is 0 Å². The van der Waals surface area contributed by atoms with Crippen LogP contribution in [0.15, 0.2) is 54.6 Å². The summed E-state index contributed by atoms with van der Waals surface area (Å²) < 4.78 is 0. The number of nitrogens with zero attached hydrogens (tertiary/aromatic N) is 1. The van der Waals surface area contributed by atoms with Gasteiger partial charge in [0, 0.05) is 12.1 Å². The van der Waals surface area contributed by atoms with E-state index in [1.54, 1.807) is 42.5 Å². The standard InChI is InChI=1S/C16H13NO3/c18-15-13-9-5-4-8-12(13)10-17(15)14(16(19)20)11-6-2-1-3-7-11/h1-9,14H,10H2,(H,19,20)/p-1/t14-/m0/s1. The molecule has 1 heterocycles. The minimum absolute atomic E-state index is 0.265. The first-order chi connectivity index (χ1) is 9.68. The van der Waals surface area contributed by atoms with E-state index in [0.29, 0.717) is 17.7 Å². The number of carboxylic acids is 1. The fraction of sp³-hybridized carbons (Fsp3) is 0.125. The van der Waals surface area contributed by atoms with Crippen LogP contribution in [-0.2, 0) is 11.3 Å². The Hall–Kier alpha value is -2.62. The summed E-state index contributed by atoms with van der Waals surface area (Å²) >= 11 is 0. The van der Waals surface area contributed by atoms with Crippen LogP contribution >= 0.6 is 0 Å². The zero-order valence-corrected chi connectivity index (χ0v) is 10.7. The maximum atomic E-state index is 12.4. The molecular formula is C16H12NO3-. The van der Waals surface area contributed by atoms with E-state index in [4.69, 9.17) is 0 Å². The summed E-state index contributed by atoms with van der Waals surface area (Å²) in [6.45, 7) is 0.294. The van der Waals surface area contributed by atoms with Gasteiger partial charge in [0.15, 0.2) is 0 Å².